The van der Waals surface area contributed by atoms with Crippen molar-refractivity contribution in [2.24, 2.45) is 0 Å². The van der Waals surface area contributed by atoms with Gasteiger partial charge in [-0.1, -0.05) is 13.0 Å². The second-order valence-electron chi connectivity index (χ2n) is 4.77. The van der Waals surface area contributed by atoms with Crippen LogP contribution in [0, 0.1) is 13.8 Å². The third-order valence-electron chi connectivity index (χ3n) is 2.84. The van der Waals surface area contributed by atoms with E-state index in [1.54, 1.807) is 0 Å². The summed E-state index contributed by atoms with van der Waals surface area (Å²) < 4.78 is 0. The SMILES string of the molecule is CCCNc1cc(NCc2ccc(C)nc2)nc(C)n1. The Bertz CT molecular complexity index is 551. The second-order valence-corrected chi connectivity index (χ2v) is 4.77. The molecular weight excluding hydrogens is 250 g/mol. The lowest BCUT2D eigenvalue weighted by Gasteiger charge is -2.09. The molecular formula is C15H21N5. The van der Waals surface area contributed by atoms with Crippen molar-refractivity contribution in [3.05, 3.63) is 41.5 Å². The predicted molar refractivity (Wildman–Crippen MR) is 81.9 cm³/mol. The maximum Gasteiger partial charge on any atom is 0.132 e. The number of nitrogens with one attached hydrogen (secondary N) is 2. The second kappa shape index (κ2) is 6.84. The maximum atomic E-state index is 4.39. The summed E-state index contributed by atoms with van der Waals surface area (Å²) >= 11 is 0. The lowest BCUT2D eigenvalue weighted by Crippen LogP contribution is -2.07. The molecule has 0 unspecified atom stereocenters. The van der Waals surface area contributed by atoms with Crippen molar-refractivity contribution in [1.82, 2.24) is 15.0 Å². The standard InChI is InChI=1S/C15H21N5/c1-4-7-16-14-8-15(20-12(3)19-14)18-10-13-6-5-11(2)17-9-13/h5-6,8-9H,4,7,10H2,1-3H3,(H2,16,18,19,20). The van der Waals surface area contributed by atoms with E-state index in [0.29, 0.717) is 6.54 Å². The van der Waals surface area contributed by atoms with E-state index in [1.807, 2.05) is 32.2 Å². The molecule has 0 saturated carbocycles. The maximum absolute atomic E-state index is 4.39. The van der Waals surface area contributed by atoms with Crippen molar-refractivity contribution in [3.8, 4) is 0 Å². The Morgan fingerprint density at radius 1 is 1.05 bits per heavy atom. The minimum atomic E-state index is 0.705. The van der Waals surface area contributed by atoms with Gasteiger partial charge in [0.15, 0.2) is 0 Å². The smallest absolute Gasteiger partial charge is 0.132 e. The molecule has 0 spiro atoms. The van der Waals surface area contributed by atoms with Gasteiger partial charge in [-0.2, -0.15) is 0 Å². The van der Waals surface area contributed by atoms with Gasteiger partial charge in [-0.3, -0.25) is 4.98 Å². The molecule has 2 aromatic rings. The van der Waals surface area contributed by atoms with E-state index >= 15 is 0 Å². The highest BCUT2D eigenvalue weighted by Crippen LogP contribution is 2.12. The Balaban J connectivity index is 2.01. The molecule has 0 aliphatic rings. The molecule has 2 aromatic heterocycles. The fourth-order valence-corrected chi connectivity index (χ4v) is 1.80. The van der Waals surface area contributed by atoms with Crippen molar-refractivity contribution >= 4 is 11.6 Å². The first kappa shape index (κ1) is 14.2. The van der Waals surface area contributed by atoms with Gasteiger partial charge >= 0.3 is 0 Å². The normalized spacial score (nSPS) is 10.3. The number of hydrogen-bond donors (Lipinski definition) is 2. The van der Waals surface area contributed by atoms with E-state index in [0.717, 1.165) is 41.7 Å². The van der Waals surface area contributed by atoms with E-state index in [2.05, 4.69) is 38.6 Å². The summed E-state index contributed by atoms with van der Waals surface area (Å²) in [6.45, 7) is 7.63. The number of aromatic nitrogens is 3. The Morgan fingerprint density at radius 2 is 1.80 bits per heavy atom. The number of rotatable bonds is 6. The van der Waals surface area contributed by atoms with Crippen molar-refractivity contribution in [2.75, 3.05) is 17.2 Å². The zero-order chi connectivity index (χ0) is 14.4. The van der Waals surface area contributed by atoms with E-state index < -0.39 is 0 Å². The minimum absolute atomic E-state index is 0.705. The first-order valence-corrected chi connectivity index (χ1v) is 6.92. The van der Waals surface area contributed by atoms with Crippen LogP contribution < -0.4 is 10.6 Å². The molecule has 20 heavy (non-hydrogen) atoms. The quantitative estimate of drug-likeness (QED) is 0.845. The third-order valence-corrected chi connectivity index (χ3v) is 2.84. The van der Waals surface area contributed by atoms with Gasteiger partial charge in [0.1, 0.15) is 17.5 Å². The summed E-state index contributed by atoms with van der Waals surface area (Å²) in [7, 11) is 0. The van der Waals surface area contributed by atoms with Crippen LogP contribution in [0.4, 0.5) is 11.6 Å². The molecule has 0 aliphatic heterocycles. The lowest BCUT2D eigenvalue weighted by atomic mass is 10.2. The van der Waals surface area contributed by atoms with Crippen LogP contribution in [-0.4, -0.2) is 21.5 Å². The molecule has 0 aliphatic carbocycles. The van der Waals surface area contributed by atoms with Crippen molar-refractivity contribution in [1.29, 1.82) is 0 Å². The van der Waals surface area contributed by atoms with Crippen LogP contribution in [-0.2, 0) is 6.54 Å². The highest BCUT2D eigenvalue weighted by molar-refractivity contribution is 5.47. The van der Waals surface area contributed by atoms with Crippen LogP contribution in [0.3, 0.4) is 0 Å². The van der Waals surface area contributed by atoms with Crippen molar-refractivity contribution in [3.63, 3.8) is 0 Å². The Labute approximate surface area is 119 Å². The molecule has 0 fully saturated rings. The highest BCUT2D eigenvalue weighted by Gasteiger charge is 2.01. The third kappa shape index (κ3) is 4.19. The van der Waals surface area contributed by atoms with E-state index in [9.17, 15) is 0 Å². The summed E-state index contributed by atoms with van der Waals surface area (Å²) in [6, 6.07) is 6.01. The molecule has 5 nitrogen and oxygen atoms in total. The molecule has 0 radical (unpaired) electrons. The number of anilines is 2. The minimum Gasteiger partial charge on any atom is -0.370 e. The Kier molecular flexibility index (Phi) is 4.87. The first-order valence-electron chi connectivity index (χ1n) is 6.92. The van der Waals surface area contributed by atoms with Crippen LogP contribution in [0.25, 0.3) is 0 Å². The fraction of sp³-hybridized carbons (Fsp3) is 0.400. The topological polar surface area (TPSA) is 62.7 Å². The molecule has 0 bridgehead atoms. The summed E-state index contributed by atoms with van der Waals surface area (Å²) in [5.74, 6) is 2.45. The predicted octanol–water partition coefficient (Wildman–Crippen LogP) is 2.92. The molecule has 0 amide bonds. The average Bonchev–Trinajstić information content (AvgIpc) is 2.44. The lowest BCUT2D eigenvalue weighted by molar-refractivity contribution is 0.950. The van der Waals surface area contributed by atoms with Gasteiger partial charge in [0.05, 0.1) is 0 Å². The number of hydrogen-bond acceptors (Lipinski definition) is 5. The largest absolute Gasteiger partial charge is 0.370 e. The van der Waals surface area contributed by atoms with Gasteiger partial charge in [-0.15, -0.1) is 0 Å². The van der Waals surface area contributed by atoms with Gasteiger partial charge < -0.3 is 10.6 Å². The molecule has 0 atom stereocenters. The molecule has 0 aromatic carbocycles. The van der Waals surface area contributed by atoms with Crippen LogP contribution in [0.1, 0.15) is 30.4 Å². The summed E-state index contributed by atoms with van der Waals surface area (Å²) in [5.41, 5.74) is 2.16. The van der Waals surface area contributed by atoms with Crippen LogP contribution in [0.2, 0.25) is 0 Å². The van der Waals surface area contributed by atoms with Crippen LogP contribution in [0.5, 0.6) is 0 Å². The van der Waals surface area contributed by atoms with Crippen molar-refractivity contribution < 1.29 is 0 Å². The number of pyridine rings is 1. The van der Waals surface area contributed by atoms with Crippen LogP contribution in [0.15, 0.2) is 24.4 Å². The zero-order valence-electron chi connectivity index (χ0n) is 12.3. The van der Waals surface area contributed by atoms with E-state index in [-0.39, 0.29) is 0 Å². The Morgan fingerprint density at radius 3 is 2.45 bits per heavy atom. The molecule has 2 heterocycles. The van der Waals surface area contributed by atoms with Gasteiger partial charge in [-0.05, 0) is 31.9 Å². The van der Waals surface area contributed by atoms with Gasteiger partial charge in [-0.25, -0.2) is 9.97 Å². The summed E-state index contributed by atoms with van der Waals surface area (Å²) in [4.78, 5) is 13.0. The summed E-state index contributed by atoms with van der Waals surface area (Å²) in [6.07, 6.45) is 2.95. The zero-order valence-corrected chi connectivity index (χ0v) is 12.3. The fourth-order valence-electron chi connectivity index (χ4n) is 1.80. The van der Waals surface area contributed by atoms with E-state index in [1.165, 1.54) is 0 Å². The summed E-state index contributed by atoms with van der Waals surface area (Å²) in [5, 5.41) is 6.58. The monoisotopic (exact) mass is 271 g/mol. The molecule has 106 valence electrons. The van der Waals surface area contributed by atoms with Gasteiger partial charge in [0.25, 0.3) is 0 Å². The highest BCUT2D eigenvalue weighted by atomic mass is 15.1. The first-order chi connectivity index (χ1) is 9.67. The molecule has 0 saturated heterocycles. The number of aryl methyl sites for hydroxylation is 2. The van der Waals surface area contributed by atoms with E-state index in [4.69, 9.17) is 0 Å². The van der Waals surface area contributed by atoms with Crippen LogP contribution >= 0.6 is 0 Å². The average molecular weight is 271 g/mol. The molecule has 2 N–H and O–H groups in total. The number of nitrogens with zero attached hydrogens (tertiary/aromatic N) is 3. The Hall–Kier alpha value is -2.17. The molecule has 5 heteroatoms. The van der Waals surface area contributed by atoms with Gasteiger partial charge in [0, 0.05) is 31.0 Å². The van der Waals surface area contributed by atoms with Gasteiger partial charge in [0.2, 0.25) is 0 Å². The van der Waals surface area contributed by atoms with Crippen molar-refractivity contribution in [2.45, 2.75) is 33.7 Å². The molecule has 2 rings (SSSR count).